The van der Waals surface area contributed by atoms with Crippen molar-refractivity contribution in [2.24, 2.45) is 0 Å². The fourth-order valence-corrected chi connectivity index (χ4v) is 3.42. The molecular formula is C18H28N4O2. The molecule has 6 heteroatoms. The summed E-state index contributed by atoms with van der Waals surface area (Å²) in [4.78, 5) is 21.2. The lowest BCUT2D eigenvalue weighted by molar-refractivity contribution is -0.139. The van der Waals surface area contributed by atoms with Gasteiger partial charge < -0.3 is 10.1 Å². The molecule has 0 aromatic carbocycles. The van der Waals surface area contributed by atoms with Gasteiger partial charge in [-0.05, 0) is 37.1 Å². The van der Waals surface area contributed by atoms with E-state index in [0.29, 0.717) is 13.2 Å². The molecule has 1 amide bonds. The molecule has 132 valence electrons. The number of carbonyl (C=O) groups is 1. The Morgan fingerprint density at radius 2 is 2.00 bits per heavy atom. The fraction of sp³-hybridized carbons (Fsp3) is 0.667. The lowest BCUT2D eigenvalue weighted by atomic mass is 10.0. The molecule has 1 unspecified atom stereocenters. The number of ether oxygens (including phenoxy) is 1. The average Bonchev–Trinajstić information content (AvgIpc) is 2.64. The van der Waals surface area contributed by atoms with Crippen LogP contribution in [0.25, 0.3) is 0 Å². The van der Waals surface area contributed by atoms with E-state index in [-0.39, 0.29) is 18.1 Å². The van der Waals surface area contributed by atoms with Crippen molar-refractivity contribution in [2.75, 3.05) is 39.3 Å². The summed E-state index contributed by atoms with van der Waals surface area (Å²) in [7, 11) is 0. The van der Waals surface area contributed by atoms with Crippen LogP contribution in [-0.2, 0) is 16.1 Å². The smallest absolute Gasteiger partial charge is 0.250 e. The molecule has 0 bridgehead atoms. The zero-order valence-electron chi connectivity index (χ0n) is 14.5. The number of hydrogen-bond donors (Lipinski definition) is 1. The van der Waals surface area contributed by atoms with Crippen molar-refractivity contribution in [3.05, 3.63) is 30.1 Å². The van der Waals surface area contributed by atoms with Crippen molar-refractivity contribution < 1.29 is 9.53 Å². The number of amides is 1. The summed E-state index contributed by atoms with van der Waals surface area (Å²) in [5, 5.41) is 3.19. The van der Waals surface area contributed by atoms with E-state index >= 15 is 0 Å². The van der Waals surface area contributed by atoms with Crippen molar-refractivity contribution in [1.82, 2.24) is 20.1 Å². The van der Waals surface area contributed by atoms with Gasteiger partial charge in [-0.2, -0.15) is 0 Å². The highest BCUT2D eigenvalue weighted by molar-refractivity contribution is 5.81. The van der Waals surface area contributed by atoms with Crippen molar-refractivity contribution in [3.63, 3.8) is 0 Å². The Morgan fingerprint density at radius 3 is 2.71 bits per heavy atom. The predicted octanol–water partition coefficient (Wildman–Crippen LogP) is 0.883. The SMILES string of the molecule is CCN1CCOC(C(=O)NC2CCN(Cc3ccncc3)CC2)C1. The molecular weight excluding hydrogens is 304 g/mol. The van der Waals surface area contributed by atoms with E-state index in [1.807, 2.05) is 12.4 Å². The van der Waals surface area contributed by atoms with E-state index in [1.165, 1.54) is 5.56 Å². The van der Waals surface area contributed by atoms with Gasteiger partial charge in [0.2, 0.25) is 0 Å². The van der Waals surface area contributed by atoms with E-state index in [2.05, 4.69) is 39.2 Å². The minimum atomic E-state index is -0.312. The first-order chi connectivity index (χ1) is 11.7. The Morgan fingerprint density at radius 1 is 1.25 bits per heavy atom. The summed E-state index contributed by atoms with van der Waals surface area (Å²) in [5.74, 6) is 0.0562. The third-order valence-corrected chi connectivity index (χ3v) is 4.98. The molecule has 24 heavy (non-hydrogen) atoms. The second-order valence-electron chi connectivity index (χ2n) is 6.67. The summed E-state index contributed by atoms with van der Waals surface area (Å²) in [6, 6.07) is 4.40. The van der Waals surface area contributed by atoms with E-state index < -0.39 is 0 Å². The topological polar surface area (TPSA) is 57.7 Å². The zero-order chi connectivity index (χ0) is 16.8. The first-order valence-electron chi connectivity index (χ1n) is 9.00. The highest BCUT2D eigenvalue weighted by Crippen LogP contribution is 2.14. The molecule has 0 radical (unpaired) electrons. The normalized spacial score (nSPS) is 24.0. The van der Waals surface area contributed by atoms with Gasteiger partial charge in [0.15, 0.2) is 0 Å². The highest BCUT2D eigenvalue weighted by Gasteiger charge is 2.28. The molecule has 2 saturated heterocycles. The van der Waals surface area contributed by atoms with Crippen LogP contribution in [0.3, 0.4) is 0 Å². The third kappa shape index (κ3) is 4.75. The van der Waals surface area contributed by atoms with Crippen LogP contribution in [0.15, 0.2) is 24.5 Å². The summed E-state index contributed by atoms with van der Waals surface area (Å²) in [6.07, 6.45) is 5.37. The summed E-state index contributed by atoms with van der Waals surface area (Å²) >= 11 is 0. The number of aromatic nitrogens is 1. The maximum absolute atomic E-state index is 12.4. The molecule has 1 aromatic heterocycles. The first-order valence-corrected chi connectivity index (χ1v) is 9.00. The molecule has 0 saturated carbocycles. The van der Waals surface area contributed by atoms with Crippen molar-refractivity contribution >= 4 is 5.91 Å². The molecule has 6 nitrogen and oxygen atoms in total. The van der Waals surface area contributed by atoms with Crippen LogP contribution in [0.5, 0.6) is 0 Å². The van der Waals surface area contributed by atoms with Gasteiger partial charge in [-0.1, -0.05) is 6.92 Å². The van der Waals surface area contributed by atoms with E-state index in [1.54, 1.807) is 0 Å². The second kappa shape index (κ2) is 8.55. The highest BCUT2D eigenvalue weighted by atomic mass is 16.5. The molecule has 0 spiro atoms. The molecule has 1 atom stereocenters. The number of likely N-dealkylation sites (N-methyl/N-ethyl adjacent to an activating group) is 1. The van der Waals surface area contributed by atoms with E-state index in [9.17, 15) is 4.79 Å². The number of likely N-dealkylation sites (tertiary alicyclic amines) is 1. The second-order valence-corrected chi connectivity index (χ2v) is 6.67. The summed E-state index contributed by atoms with van der Waals surface area (Å²) in [5.41, 5.74) is 1.29. The van der Waals surface area contributed by atoms with E-state index in [0.717, 1.165) is 45.6 Å². The molecule has 2 aliphatic heterocycles. The third-order valence-electron chi connectivity index (χ3n) is 4.98. The van der Waals surface area contributed by atoms with Crippen LogP contribution in [0.4, 0.5) is 0 Å². The molecule has 1 aromatic rings. The van der Waals surface area contributed by atoms with Gasteiger partial charge in [0, 0.05) is 51.2 Å². The number of nitrogens with zero attached hydrogens (tertiary/aromatic N) is 3. The standard InChI is InChI=1S/C18H28N4O2/c1-2-21-11-12-24-17(14-21)18(23)20-16-5-9-22(10-6-16)13-15-3-7-19-8-4-15/h3-4,7-8,16-17H,2,5-6,9-14H2,1H3,(H,20,23). The van der Waals surface area contributed by atoms with Crippen LogP contribution in [0.1, 0.15) is 25.3 Å². The van der Waals surface area contributed by atoms with Gasteiger partial charge in [0.1, 0.15) is 6.10 Å². The molecule has 0 aliphatic carbocycles. The van der Waals surface area contributed by atoms with Crippen LogP contribution < -0.4 is 5.32 Å². The van der Waals surface area contributed by atoms with Gasteiger partial charge in [-0.3, -0.25) is 19.6 Å². The maximum Gasteiger partial charge on any atom is 0.250 e. The quantitative estimate of drug-likeness (QED) is 0.868. The summed E-state index contributed by atoms with van der Waals surface area (Å²) in [6.45, 7) is 8.37. The molecule has 1 N–H and O–H groups in total. The minimum Gasteiger partial charge on any atom is -0.366 e. The number of pyridine rings is 1. The minimum absolute atomic E-state index is 0.0562. The van der Waals surface area contributed by atoms with Crippen molar-refractivity contribution in [1.29, 1.82) is 0 Å². The average molecular weight is 332 g/mol. The Hall–Kier alpha value is -1.50. The van der Waals surface area contributed by atoms with Crippen LogP contribution in [-0.4, -0.2) is 72.2 Å². The molecule has 3 heterocycles. The van der Waals surface area contributed by atoms with Crippen LogP contribution >= 0.6 is 0 Å². The van der Waals surface area contributed by atoms with E-state index in [4.69, 9.17) is 4.74 Å². The molecule has 3 rings (SSSR count). The van der Waals surface area contributed by atoms with Crippen molar-refractivity contribution in [2.45, 2.75) is 38.5 Å². The number of morpholine rings is 1. The number of rotatable bonds is 5. The lowest BCUT2D eigenvalue weighted by Crippen LogP contribution is -2.53. The van der Waals surface area contributed by atoms with Gasteiger partial charge in [-0.25, -0.2) is 0 Å². The van der Waals surface area contributed by atoms with Crippen LogP contribution in [0.2, 0.25) is 0 Å². The predicted molar refractivity (Wildman–Crippen MR) is 92.5 cm³/mol. The fourth-order valence-electron chi connectivity index (χ4n) is 3.42. The Kier molecular flexibility index (Phi) is 6.18. The maximum atomic E-state index is 12.4. The lowest BCUT2D eigenvalue weighted by Gasteiger charge is -2.35. The Labute approximate surface area is 144 Å². The monoisotopic (exact) mass is 332 g/mol. The number of piperidine rings is 1. The van der Waals surface area contributed by atoms with Gasteiger partial charge in [-0.15, -0.1) is 0 Å². The van der Waals surface area contributed by atoms with Gasteiger partial charge in [0.05, 0.1) is 6.61 Å². The molecule has 2 aliphatic rings. The van der Waals surface area contributed by atoms with Crippen LogP contribution in [0, 0.1) is 0 Å². The molecule has 2 fully saturated rings. The van der Waals surface area contributed by atoms with Gasteiger partial charge >= 0.3 is 0 Å². The summed E-state index contributed by atoms with van der Waals surface area (Å²) < 4.78 is 5.64. The Bertz CT molecular complexity index is 517. The number of nitrogens with one attached hydrogen (secondary N) is 1. The van der Waals surface area contributed by atoms with Gasteiger partial charge in [0.25, 0.3) is 5.91 Å². The zero-order valence-corrected chi connectivity index (χ0v) is 14.5. The number of carbonyl (C=O) groups excluding carboxylic acids is 1. The number of hydrogen-bond acceptors (Lipinski definition) is 5. The largest absolute Gasteiger partial charge is 0.366 e. The Balaban J connectivity index is 1.41. The van der Waals surface area contributed by atoms with Crippen molar-refractivity contribution in [3.8, 4) is 0 Å². The first kappa shape index (κ1) is 17.3.